The smallest absolute Gasteiger partial charge is 0.253 e. The SMILES string of the molecule is CNC(=O)[C@@]1(C)CN(C(=O)Cc2ccccc2)CCO1. The molecule has 20 heavy (non-hydrogen) atoms. The second-order valence-electron chi connectivity index (χ2n) is 5.14. The van der Waals surface area contributed by atoms with Crippen LogP contribution in [0.2, 0.25) is 0 Å². The summed E-state index contributed by atoms with van der Waals surface area (Å²) < 4.78 is 5.54. The Labute approximate surface area is 118 Å². The lowest BCUT2D eigenvalue weighted by molar-refractivity contribution is -0.162. The fraction of sp³-hybridized carbons (Fsp3) is 0.467. The molecule has 0 bridgehead atoms. The summed E-state index contributed by atoms with van der Waals surface area (Å²) in [6.45, 7) is 2.91. The van der Waals surface area contributed by atoms with Gasteiger partial charge in [0.15, 0.2) is 5.60 Å². The van der Waals surface area contributed by atoms with Crippen LogP contribution in [-0.4, -0.2) is 49.1 Å². The van der Waals surface area contributed by atoms with Crippen molar-refractivity contribution in [2.75, 3.05) is 26.7 Å². The quantitative estimate of drug-likeness (QED) is 0.879. The molecule has 0 spiro atoms. The predicted molar refractivity (Wildman–Crippen MR) is 75.1 cm³/mol. The van der Waals surface area contributed by atoms with Crippen LogP contribution in [0, 0.1) is 0 Å². The summed E-state index contributed by atoms with van der Waals surface area (Å²) in [6.07, 6.45) is 0.352. The standard InChI is InChI=1S/C15H20N2O3/c1-15(14(19)16-2)11-17(8-9-20-15)13(18)10-12-6-4-3-5-7-12/h3-7H,8-11H2,1-2H3,(H,16,19)/t15-/m1/s1. The Bertz CT molecular complexity index is 489. The van der Waals surface area contributed by atoms with Gasteiger partial charge in [0.05, 0.1) is 19.6 Å². The minimum atomic E-state index is -0.959. The molecule has 1 N–H and O–H groups in total. The Morgan fingerprint density at radius 2 is 2.05 bits per heavy atom. The van der Waals surface area contributed by atoms with Crippen LogP contribution in [-0.2, 0) is 20.7 Å². The number of carbonyl (C=O) groups is 2. The molecule has 1 aromatic rings. The van der Waals surface area contributed by atoms with E-state index in [2.05, 4.69) is 5.32 Å². The largest absolute Gasteiger partial charge is 0.362 e. The van der Waals surface area contributed by atoms with Gasteiger partial charge in [-0.25, -0.2) is 0 Å². The number of rotatable bonds is 3. The van der Waals surface area contributed by atoms with Crippen LogP contribution in [0.25, 0.3) is 0 Å². The minimum absolute atomic E-state index is 0.0228. The Hall–Kier alpha value is -1.88. The number of benzene rings is 1. The number of hydrogen-bond acceptors (Lipinski definition) is 3. The summed E-state index contributed by atoms with van der Waals surface area (Å²) >= 11 is 0. The Kier molecular flexibility index (Phi) is 4.39. The number of hydrogen-bond donors (Lipinski definition) is 1. The van der Waals surface area contributed by atoms with Gasteiger partial charge in [-0.1, -0.05) is 30.3 Å². The van der Waals surface area contributed by atoms with Crippen LogP contribution < -0.4 is 5.32 Å². The molecule has 0 aliphatic carbocycles. The van der Waals surface area contributed by atoms with Crippen LogP contribution in [0.3, 0.4) is 0 Å². The maximum absolute atomic E-state index is 12.3. The van der Waals surface area contributed by atoms with Gasteiger partial charge in [0, 0.05) is 13.6 Å². The maximum Gasteiger partial charge on any atom is 0.253 e. The van der Waals surface area contributed by atoms with E-state index in [-0.39, 0.29) is 11.8 Å². The average Bonchev–Trinajstić information content (AvgIpc) is 2.47. The van der Waals surface area contributed by atoms with Gasteiger partial charge >= 0.3 is 0 Å². The van der Waals surface area contributed by atoms with Crippen molar-refractivity contribution >= 4 is 11.8 Å². The predicted octanol–water partition coefficient (Wildman–Crippen LogP) is 0.593. The average molecular weight is 276 g/mol. The number of likely N-dealkylation sites (N-methyl/N-ethyl adjacent to an activating group) is 1. The number of morpholine rings is 1. The van der Waals surface area contributed by atoms with E-state index in [9.17, 15) is 9.59 Å². The number of nitrogens with one attached hydrogen (secondary N) is 1. The first kappa shape index (κ1) is 14.5. The first-order chi connectivity index (χ1) is 9.55. The van der Waals surface area contributed by atoms with Crippen molar-refractivity contribution in [3.8, 4) is 0 Å². The van der Waals surface area contributed by atoms with Crippen LogP contribution in [0.4, 0.5) is 0 Å². The van der Waals surface area contributed by atoms with Crippen LogP contribution in [0.1, 0.15) is 12.5 Å². The summed E-state index contributed by atoms with van der Waals surface area (Å²) in [5, 5.41) is 2.58. The highest BCUT2D eigenvalue weighted by atomic mass is 16.5. The van der Waals surface area contributed by atoms with Gasteiger partial charge in [-0.05, 0) is 12.5 Å². The van der Waals surface area contributed by atoms with Gasteiger partial charge in [0.2, 0.25) is 5.91 Å². The van der Waals surface area contributed by atoms with E-state index < -0.39 is 5.60 Å². The van der Waals surface area contributed by atoms with Crippen molar-refractivity contribution in [1.82, 2.24) is 10.2 Å². The monoisotopic (exact) mass is 276 g/mol. The van der Waals surface area contributed by atoms with E-state index in [0.717, 1.165) is 5.56 Å². The normalized spacial score (nSPS) is 22.4. The van der Waals surface area contributed by atoms with Gasteiger partial charge in [-0.15, -0.1) is 0 Å². The fourth-order valence-electron chi connectivity index (χ4n) is 2.37. The molecule has 108 valence electrons. The third kappa shape index (κ3) is 3.17. The van der Waals surface area contributed by atoms with Crippen molar-refractivity contribution in [2.45, 2.75) is 18.9 Å². The number of ether oxygens (including phenoxy) is 1. The molecule has 0 saturated carbocycles. The van der Waals surface area contributed by atoms with Crippen molar-refractivity contribution in [2.24, 2.45) is 0 Å². The first-order valence-corrected chi connectivity index (χ1v) is 6.73. The molecule has 0 radical (unpaired) electrons. The molecule has 1 aliphatic rings. The summed E-state index contributed by atoms with van der Waals surface area (Å²) in [6, 6.07) is 9.60. The summed E-state index contributed by atoms with van der Waals surface area (Å²) in [5.41, 5.74) is 0.0185. The number of nitrogens with zero attached hydrogens (tertiary/aromatic N) is 1. The van der Waals surface area contributed by atoms with Crippen molar-refractivity contribution in [1.29, 1.82) is 0 Å². The third-order valence-electron chi connectivity index (χ3n) is 3.53. The van der Waals surface area contributed by atoms with E-state index in [1.54, 1.807) is 18.9 Å². The molecular weight excluding hydrogens is 256 g/mol. The van der Waals surface area contributed by atoms with Gasteiger partial charge in [-0.3, -0.25) is 9.59 Å². The molecule has 1 atom stereocenters. The maximum atomic E-state index is 12.3. The second kappa shape index (κ2) is 6.05. The topological polar surface area (TPSA) is 58.6 Å². The summed E-state index contributed by atoms with van der Waals surface area (Å²) in [7, 11) is 1.57. The fourth-order valence-corrected chi connectivity index (χ4v) is 2.37. The molecular formula is C15H20N2O3. The van der Waals surface area contributed by atoms with E-state index >= 15 is 0 Å². The van der Waals surface area contributed by atoms with Crippen LogP contribution in [0.5, 0.6) is 0 Å². The van der Waals surface area contributed by atoms with Gasteiger partial charge in [0.25, 0.3) is 5.91 Å². The van der Waals surface area contributed by atoms with E-state index in [1.165, 1.54) is 0 Å². The van der Waals surface area contributed by atoms with E-state index in [0.29, 0.717) is 26.1 Å². The van der Waals surface area contributed by atoms with Crippen LogP contribution in [0.15, 0.2) is 30.3 Å². The Morgan fingerprint density at radius 1 is 1.35 bits per heavy atom. The highest BCUT2D eigenvalue weighted by Crippen LogP contribution is 2.18. The second-order valence-corrected chi connectivity index (χ2v) is 5.14. The number of carbonyl (C=O) groups excluding carboxylic acids is 2. The zero-order valence-corrected chi connectivity index (χ0v) is 11.9. The highest BCUT2D eigenvalue weighted by molar-refractivity contribution is 5.86. The molecule has 1 heterocycles. The lowest BCUT2D eigenvalue weighted by Gasteiger charge is -2.39. The molecule has 0 unspecified atom stereocenters. The molecule has 1 aliphatic heterocycles. The van der Waals surface area contributed by atoms with E-state index in [4.69, 9.17) is 4.74 Å². The molecule has 5 nitrogen and oxygen atoms in total. The minimum Gasteiger partial charge on any atom is -0.362 e. The van der Waals surface area contributed by atoms with Gasteiger partial charge < -0.3 is 15.0 Å². The van der Waals surface area contributed by atoms with Crippen molar-refractivity contribution < 1.29 is 14.3 Å². The lowest BCUT2D eigenvalue weighted by atomic mass is 10.0. The van der Waals surface area contributed by atoms with Crippen LogP contribution >= 0.6 is 0 Å². The Balaban J connectivity index is 2.02. The zero-order valence-electron chi connectivity index (χ0n) is 11.9. The van der Waals surface area contributed by atoms with Crippen molar-refractivity contribution in [3.63, 3.8) is 0 Å². The van der Waals surface area contributed by atoms with Gasteiger partial charge in [-0.2, -0.15) is 0 Å². The highest BCUT2D eigenvalue weighted by Gasteiger charge is 2.39. The zero-order chi connectivity index (χ0) is 14.6. The molecule has 0 aromatic heterocycles. The van der Waals surface area contributed by atoms with E-state index in [1.807, 2.05) is 30.3 Å². The molecule has 1 saturated heterocycles. The molecule has 1 aromatic carbocycles. The first-order valence-electron chi connectivity index (χ1n) is 6.73. The third-order valence-corrected chi connectivity index (χ3v) is 3.53. The summed E-state index contributed by atoms with van der Waals surface area (Å²) in [4.78, 5) is 25.8. The molecule has 2 amide bonds. The molecule has 2 rings (SSSR count). The molecule has 5 heteroatoms. The Morgan fingerprint density at radius 3 is 2.70 bits per heavy atom. The molecule has 1 fully saturated rings. The van der Waals surface area contributed by atoms with Gasteiger partial charge in [0.1, 0.15) is 0 Å². The summed E-state index contributed by atoms with van der Waals surface area (Å²) in [5.74, 6) is -0.177. The lowest BCUT2D eigenvalue weighted by Crippen LogP contribution is -2.59. The van der Waals surface area contributed by atoms with Crippen molar-refractivity contribution in [3.05, 3.63) is 35.9 Å². The number of amides is 2.